The van der Waals surface area contributed by atoms with Crippen LogP contribution in [0, 0.1) is 23.4 Å². The number of carbonyl (C=O) groups excluding carboxylic acids is 1. The summed E-state index contributed by atoms with van der Waals surface area (Å²) in [7, 11) is 0. The molecule has 2 aromatic heterocycles. The minimum absolute atomic E-state index is 0. The number of amidine groups is 1. The number of fused-ring (bicyclic) bond motifs is 1. The van der Waals surface area contributed by atoms with Crippen molar-refractivity contribution in [3.63, 3.8) is 0 Å². The number of anilines is 2. The number of nitrogens with zero attached hydrogens (tertiary/aromatic N) is 5. The van der Waals surface area contributed by atoms with E-state index in [1.165, 1.54) is 11.8 Å². The fraction of sp³-hybridized carbons (Fsp3) is 0.227. The van der Waals surface area contributed by atoms with Crippen LogP contribution in [0.5, 0.6) is 0 Å². The zero-order valence-corrected chi connectivity index (χ0v) is 19.6. The number of hydrogen-bond donors (Lipinski definition) is 2. The van der Waals surface area contributed by atoms with Crippen molar-refractivity contribution in [3.8, 4) is 0 Å². The van der Waals surface area contributed by atoms with Crippen molar-refractivity contribution < 1.29 is 18.0 Å². The second kappa shape index (κ2) is 9.70. The van der Waals surface area contributed by atoms with E-state index in [0.29, 0.717) is 41.7 Å². The number of aromatic nitrogens is 3. The summed E-state index contributed by atoms with van der Waals surface area (Å²) >= 11 is 1.45. The van der Waals surface area contributed by atoms with E-state index in [4.69, 9.17) is 10.7 Å². The van der Waals surface area contributed by atoms with Crippen LogP contribution in [0.2, 0.25) is 0 Å². The Morgan fingerprint density at radius 2 is 1.86 bits per heavy atom. The maximum absolute atomic E-state index is 14.0. The summed E-state index contributed by atoms with van der Waals surface area (Å²) in [6, 6.07) is 7.61. The summed E-state index contributed by atoms with van der Waals surface area (Å²) < 4.78 is 40.4. The fourth-order valence-electron chi connectivity index (χ4n) is 4.28. The van der Waals surface area contributed by atoms with Gasteiger partial charge >= 0.3 is 0 Å². The summed E-state index contributed by atoms with van der Waals surface area (Å²) in [6.45, 7) is 0.979. The second-order valence-corrected chi connectivity index (χ2v) is 9.02. The number of aliphatic imine (C=N–C) groups is 1. The van der Waals surface area contributed by atoms with Gasteiger partial charge in [0.25, 0.3) is 5.91 Å². The molecule has 0 spiro atoms. The maximum Gasteiger partial charge on any atom is 0.277 e. The molecule has 1 unspecified atom stereocenters. The Hall–Kier alpha value is -3.38. The number of pyridine rings is 1. The smallest absolute Gasteiger partial charge is 0.277 e. The number of halogens is 4. The largest absolute Gasteiger partial charge is 0.379 e. The highest BCUT2D eigenvalue weighted by Gasteiger charge is 2.50. The first-order valence-electron chi connectivity index (χ1n) is 10.3. The van der Waals surface area contributed by atoms with Crippen LogP contribution >= 0.6 is 24.2 Å². The summed E-state index contributed by atoms with van der Waals surface area (Å²) in [6.07, 6.45) is 3.00. The number of carbonyl (C=O) groups is 1. The van der Waals surface area contributed by atoms with Crippen LogP contribution in [0.25, 0.3) is 0 Å². The Morgan fingerprint density at radius 3 is 2.60 bits per heavy atom. The molecule has 3 aromatic rings. The molecule has 1 fully saturated rings. The molecule has 0 aliphatic carbocycles. The number of amides is 1. The van der Waals surface area contributed by atoms with E-state index >= 15 is 0 Å². The van der Waals surface area contributed by atoms with E-state index in [-0.39, 0.29) is 18.3 Å². The molecule has 5 rings (SSSR count). The lowest BCUT2D eigenvalue weighted by Gasteiger charge is -2.34. The summed E-state index contributed by atoms with van der Waals surface area (Å²) in [5, 5.41) is 3.04. The first-order valence-corrected chi connectivity index (χ1v) is 11.3. The number of thioether (sulfide) groups is 1. The van der Waals surface area contributed by atoms with Crippen LogP contribution in [0.4, 0.5) is 24.8 Å². The van der Waals surface area contributed by atoms with Crippen molar-refractivity contribution in [3.05, 3.63) is 77.6 Å². The second-order valence-electron chi connectivity index (χ2n) is 7.98. The Morgan fingerprint density at radius 1 is 1.11 bits per heavy atom. The lowest BCUT2D eigenvalue weighted by Crippen LogP contribution is -2.40. The molecule has 2 aliphatic rings. The molecule has 8 nitrogen and oxygen atoms in total. The van der Waals surface area contributed by atoms with Gasteiger partial charge in [-0.05, 0) is 17.7 Å². The third-order valence-corrected chi connectivity index (χ3v) is 6.78. The third kappa shape index (κ3) is 4.76. The van der Waals surface area contributed by atoms with E-state index in [2.05, 4.69) is 20.3 Å². The van der Waals surface area contributed by atoms with Crippen LogP contribution in [0.3, 0.4) is 0 Å². The first kappa shape index (κ1) is 24.7. The predicted octanol–water partition coefficient (Wildman–Crippen LogP) is 3.36. The molecule has 2 atom stereocenters. The van der Waals surface area contributed by atoms with E-state index < -0.39 is 34.6 Å². The van der Waals surface area contributed by atoms with Gasteiger partial charge in [0.1, 0.15) is 11.4 Å². The van der Waals surface area contributed by atoms with Gasteiger partial charge in [-0.25, -0.2) is 33.1 Å². The minimum atomic E-state index is -1.06. The molecule has 4 heterocycles. The SMILES string of the molecule is Cl.NC1=NC2(c3cccc(NC(=O)c4ncc(F)cc4F)c3)CN(c3ncc(F)cn3)C[C@H]2CS1. The highest BCUT2D eigenvalue weighted by molar-refractivity contribution is 8.13. The molecule has 1 aromatic carbocycles. The van der Waals surface area contributed by atoms with Crippen molar-refractivity contribution in [2.24, 2.45) is 16.6 Å². The Bertz CT molecular complexity index is 1300. The van der Waals surface area contributed by atoms with Crippen LogP contribution in [0.1, 0.15) is 16.1 Å². The monoisotopic (exact) mass is 521 g/mol. The number of nitrogens with one attached hydrogen (secondary N) is 1. The van der Waals surface area contributed by atoms with Crippen LogP contribution in [0.15, 0.2) is 53.9 Å². The predicted molar refractivity (Wildman–Crippen MR) is 129 cm³/mol. The summed E-state index contributed by atoms with van der Waals surface area (Å²) in [5.41, 5.74) is 6.03. The number of benzene rings is 1. The molecule has 0 saturated carbocycles. The van der Waals surface area contributed by atoms with Crippen molar-refractivity contribution in [1.29, 1.82) is 0 Å². The van der Waals surface area contributed by atoms with Crippen molar-refractivity contribution in [2.75, 3.05) is 29.1 Å². The van der Waals surface area contributed by atoms with Gasteiger partial charge in [0.2, 0.25) is 5.95 Å². The average Bonchev–Trinajstić information content (AvgIpc) is 3.19. The highest BCUT2D eigenvalue weighted by Crippen LogP contribution is 2.46. The Balaban J connectivity index is 0.00000289. The molecule has 3 N–H and O–H groups in total. The zero-order chi connectivity index (χ0) is 23.9. The molecule has 1 saturated heterocycles. The molecule has 13 heteroatoms. The van der Waals surface area contributed by atoms with E-state index in [9.17, 15) is 18.0 Å². The van der Waals surface area contributed by atoms with Gasteiger partial charge < -0.3 is 16.0 Å². The van der Waals surface area contributed by atoms with Crippen molar-refractivity contribution >= 4 is 46.9 Å². The van der Waals surface area contributed by atoms with Gasteiger partial charge in [-0.1, -0.05) is 23.9 Å². The summed E-state index contributed by atoms with van der Waals surface area (Å²) in [4.78, 5) is 31.0. The normalized spacial score (nSPS) is 21.1. The average molecular weight is 522 g/mol. The fourth-order valence-corrected chi connectivity index (χ4v) is 5.27. The lowest BCUT2D eigenvalue weighted by molar-refractivity contribution is 0.101. The van der Waals surface area contributed by atoms with Crippen LogP contribution < -0.4 is 16.0 Å². The Labute approximate surface area is 208 Å². The zero-order valence-electron chi connectivity index (χ0n) is 18.0. The topological polar surface area (TPSA) is 109 Å². The minimum Gasteiger partial charge on any atom is -0.379 e. The molecule has 2 aliphatic heterocycles. The molecule has 35 heavy (non-hydrogen) atoms. The van der Waals surface area contributed by atoms with Crippen LogP contribution in [-0.4, -0.2) is 44.9 Å². The number of nitrogens with two attached hydrogens (primary N) is 1. The van der Waals surface area contributed by atoms with E-state index in [1.807, 2.05) is 11.0 Å². The first-order chi connectivity index (χ1) is 16.3. The van der Waals surface area contributed by atoms with Crippen LogP contribution in [-0.2, 0) is 5.54 Å². The molecular weight excluding hydrogens is 503 g/mol. The van der Waals surface area contributed by atoms with Gasteiger partial charge in [0.05, 0.1) is 25.1 Å². The maximum atomic E-state index is 14.0. The van der Waals surface area contributed by atoms with E-state index in [0.717, 1.165) is 24.2 Å². The quantitative estimate of drug-likeness (QED) is 0.542. The van der Waals surface area contributed by atoms with Crippen molar-refractivity contribution in [1.82, 2.24) is 15.0 Å². The number of hydrogen-bond acceptors (Lipinski definition) is 8. The van der Waals surface area contributed by atoms with Crippen molar-refractivity contribution in [2.45, 2.75) is 5.54 Å². The molecule has 1 amide bonds. The summed E-state index contributed by atoms with van der Waals surface area (Å²) in [5.74, 6) is -2.13. The van der Waals surface area contributed by atoms with Gasteiger partial charge in [0.15, 0.2) is 22.5 Å². The molecule has 0 radical (unpaired) electrons. The Kier molecular flexibility index (Phi) is 6.86. The van der Waals surface area contributed by atoms with Gasteiger partial charge in [-0.15, -0.1) is 12.4 Å². The number of rotatable bonds is 4. The lowest BCUT2D eigenvalue weighted by atomic mass is 9.81. The third-order valence-electron chi connectivity index (χ3n) is 5.82. The molecule has 0 bridgehead atoms. The molecule has 182 valence electrons. The van der Waals surface area contributed by atoms with Gasteiger partial charge in [-0.2, -0.15) is 0 Å². The molecular formula is C22H19ClF3N7OS. The standard InChI is InChI=1S/C22H18F3N7OS.ClH/c23-14-5-17(25)18(27-6-14)19(33)30-16-3-1-2-12(4-16)22-11-32(21-28-7-15(24)8-29-21)9-13(22)10-34-20(26)31-22;/h1-8,13H,9-11H2,(H2,26,31)(H,30,33);1H/t13-,22?;/m0./s1. The van der Waals surface area contributed by atoms with Gasteiger partial charge in [0, 0.05) is 30.0 Å². The van der Waals surface area contributed by atoms with Gasteiger partial charge in [-0.3, -0.25) is 4.79 Å². The van der Waals surface area contributed by atoms with E-state index in [1.54, 1.807) is 18.2 Å². The highest BCUT2D eigenvalue weighted by atomic mass is 35.5.